The second-order valence-corrected chi connectivity index (χ2v) is 1.35. The quantitative estimate of drug-likeness (QED) is 0.342. The summed E-state index contributed by atoms with van der Waals surface area (Å²) in [6.07, 6.45) is 0. The van der Waals surface area contributed by atoms with Crippen LogP contribution < -0.4 is 11.0 Å². The molecule has 0 heterocycles. The van der Waals surface area contributed by atoms with Gasteiger partial charge in [0.1, 0.15) is 0 Å². The summed E-state index contributed by atoms with van der Waals surface area (Å²) in [5.74, 6) is 0. The van der Waals surface area contributed by atoms with E-state index < -0.39 is 7.91 Å². The van der Waals surface area contributed by atoms with E-state index >= 15 is 0 Å². The SMILES string of the molecule is N.O=P([O-])(O)F.[Al+]. The first-order valence-electron chi connectivity index (χ1n) is 0.734. The summed E-state index contributed by atoms with van der Waals surface area (Å²) in [6, 6.07) is 0. The van der Waals surface area contributed by atoms with Crippen LogP contribution in [0.15, 0.2) is 0 Å². The molecule has 0 saturated carbocycles. The normalized spacial score (nSPS) is 15.3. The van der Waals surface area contributed by atoms with E-state index in [2.05, 4.69) is 0 Å². The molecule has 0 rings (SSSR count). The van der Waals surface area contributed by atoms with Crippen molar-refractivity contribution in [2.24, 2.45) is 0 Å². The number of hydrogen-bond acceptors (Lipinski definition) is 3. The Labute approximate surface area is 50.7 Å². The van der Waals surface area contributed by atoms with Crippen molar-refractivity contribution in [2.75, 3.05) is 0 Å². The molecule has 0 aromatic carbocycles. The molecular weight excluding hydrogens is 139 g/mol. The molecule has 0 saturated heterocycles. The van der Waals surface area contributed by atoms with Crippen molar-refractivity contribution in [1.29, 1.82) is 0 Å². The number of hydrogen-bond donors (Lipinski definition) is 2. The molecule has 1 unspecified atom stereocenters. The monoisotopic (exact) mass is 143 g/mol. The van der Waals surface area contributed by atoms with Crippen LogP contribution in [0, 0.1) is 0 Å². The molecule has 7 heavy (non-hydrogen) atoms. The molecule has 0 aromatic heterocycles. The van der Waals surface area contributed by atoms with E-state index in [-0.39, 0.29) is 23.5 Å². The van der Waals surface area contributed by atoms with E-state index in [4.69, 9.17) is 14.4 Å². The summed E-state index contributed by atoms with van der Waals surface area (Å²) in [5.41, 5.74) is 0. The van der Waals surface area contributed by atoms with E-state index in [0.29, 0.717) is 0 Å². The van der Waals surface area contributed by atoms with E-state index in [1.807, 2.05) is 0 Å². The molecule has 0 bridgehead atoms. The molecule has 0 aromatic rings. The third-order valence-electron chi connectivity index (χ3n) is 0. The van der Waals surface area contributed by atoms with Gasteiger partial charge in [0.15, 0.2) is 0 Å². The second-order valence-electron chi connectivity index (χ2n) is 0.451. The summed E-state index contributed by atoms with van der Waals surface area (Å²) < 4.78 is 18.8. The van der Waals surface area contributed by atoms with Gasteiger partial charge in [0, 0.05) is 0 Å². The molecule has 0 spiro atoms. The van der Waals surface area contributed by atoms with Crippen molar-refractivity contribution >= 4 is 25.3 Å². The van der Waals surface area contributed by atoms with Crippen LogP contribution in [0.5, 0.6) is 0 Å². The Balaban J connectivity index is -0.0000000800. The standard InChI is InChI=1S/Al.FH2O3P.H3N/c;1-5(2,3)4;/h;(H2,2,3,4);1H3/q+1;;/p-1. The Morgan fingerprint density at radius 1 is 1.71 bits per heavy atom. The van der Waals surface area contributed by atoms with Gasteiger partial charge in [0.05, 0.1) is 0 Å². The zero-order valence-corrected chi connectivity index (χ0v) is 5.42. The second kappa shape index (κ2) is 4.72. The molecule has 0 aliphatic carbocycles. The van der Waals surface area contributed by atoms with Crippen molar-refractivity contribution < 1.29 is 18.5 Å². The van der Waals surface area contributed by atoms with Gasteiger partial charge >= 0.3 is 25.3 Å². The van der Waals surface area contributed by atoms with Gasteiger partial charge in [-0.2, -0.15) is 4.20 Å². The summed E-state index contributed by atoms with van der Waals surface area (Å²) >= 11 is 0. The Bertz CT molecular complexity index is 61.1. The van der Waals surface area contributed by atoms with Crippen LogP contribution in [0.2, 0.25) is 0 Å². The smallest absolute Gasteiger partial charge is 0.753 e. The Hall–Kier alpha value is 0.572. The van der Waals surface area contributed by atoms with E-state index in [1.165, 1.54) is 0 Å². The topological polar surface area (TPSA) is 95.4 Å². The average Bonchev–Trinajstić information content (AvgIpc) is 0.722. The van der Waals surface area contributed by atoms with Gasteiger partial charge < -0.3 is 15.9 Å². The molecule has 0 aliphatic heterocycles. The molecule has 2 radical (unpaired) electrons. The van der Waals surface area contributed by atoms with E-state index in [1.54, 1.807) is 0 Å². The molecule has 4 nitrogen and oxygen atoms in total. The van der Waals surface area contributed by atoms with Crippen LogP contribution in [-0.4, -0.2) is 22.3 Å². The summed E-state index contributed by atoms with van der Waals surface area (Å²) in [5, 5.41) is 0. The predicted octanol–water partition coefficient (Wildman–Crippen LogP) is -0.802. The first-order valence-corrected chi connectivity index (χ1v) is 2.20. The fourth-order valence-electron chi connectivity index (χ4n) is 0. The Kier molecular flexibility index (Phi) is 10.6. The average molecular weight is 143 g/mol. The zero-order valence-electron chi connectivity index (χ0n) is 3.37. The molecular formula is H4AlFNO3P. The van der Waals surface area contributed by atoms with Crippen molar-refractivity contribution in [3.63, 3.8) is 0 Å². The summed E-state index contributed by atoms with van der Waals surface area (Å²) in [7, 11) is -5.39. The van der Waals surface area contributed by atoms with Gasteiger partial charge in [-0.1, -0.05) is 0 Å². The third kappa shape index (κ3) is 419. The minimum atomic E-state index is -5.39. The third-order valence-corrected chi connectivity index (χ3v) is 0. The number of rotatable bonds is 0. The molecule has 42 valence electrons. The first-order chi connectivity index (χ1) is 2.00. The van der Waals surface area contributed by atoms with Gasteiger partial charge in [-0.05, 0) is 0 Å². The largest absolute Gasteiger partial charge is 1.00 e. The molecule has 4 N–H and O–H groups in total. The van der Waals surface area contributed by atoms with E-state index in [0.717, 1.165) is 0 Å². The minimum Gasteiger partial charge on any atom is -0.753 e. The van der Waals surface area contributed by atoms with Crippen LogP contribution in [0.25, 0.3) is 0 Å². The fourth-order valence-corrected chi connectivity index (χ4v) is 0. The van der Waals surface area contributed by atoms with Crippen LogP contribution >= 0.6 is 7.91 Å². The molecule has 7 heteroatoms. The maximum atomic E-state index is 10.2. The summed E-state index contributed by atoms with van der Waals surface area (Å²) in [6.45, 7) is 0. The van der Waals surface area contributed by atoms with Crippen molar-refractivity contribution in [3.8, 4) is 0 Å². The fraction of sp³-hybridized carbons (Fsp3) is 0. The zero-order chi connectivity index (χ0) is 4.50. The predicted molar refractivity (Wildman–Crippen MR) is 21.7 cm³/mol. The molecule has 0 fully saturated rings. The Morgan fingerprint density at radius 2 is 1.71 bits per heavy atom. The van der Waals surface area contributed by atoms with Crippen LogP contribution in [-0.2, 0) is 4.57 Å². The van der Waals surface area contributed by atoms with Crippen LogP contribution in [0.4, 0.5) is 4.20 Å². The molecule has 0 amide bonds. The first kappa shape index (κ1) is 15.6. The van der Waals surface area contributed by atoms with Crippen LogP contribution in [0.3, 0.4) is 0 Å². The number of halogens is 1. The van der Waals surface area contributed by atoms with Gasteiger partial charge in [-0.25, -0.2) is 0 Å². The maximum Gasteiger partial charge on any atom is 1.00 e. The summed E-state index contributed by atoms with van der Waals surface area (Å²) in [4.78, 5) is 15.4. The maximum absolute atomic E-state index is 10.2. The Morgan fingerprint density at radius 3 is 1.71 bits per heavy atom. The minimum absolute atomic E-state index is 0. The van der Waals surface area contributed by atoms with Crippen molar-refractivity contribution in [3.05, 3.63) is 0 Å². The van der Waals surface area contributed by atoms with Gasteiger partial charge in [-0.3, -0.25) is 4.57 Å². The van der Waals surface area contributed by atoms with Gasteiger partial charge in [0.25, 0.3) is 0 Å². The van der Waals surface area contributed by atoms with Gasteiger partial charge in [0.2, 0.25) is 0 Å². The van der Waals surface area contributed by atoms with E-state index in [9.17, 15) is 4.20 Å². The van der Waals surface area contributed by atoms with Crippen molar-refractivity contribution in [1.82, 2.24) is 6.15 Å². The van der Waals surface area contributed by atoms with Crippen LogP contribution in [0.1, 0.15) is 0 Å². The molecule has 1 atom stereocenters. The van der Waals surface area contributed by atoms with Crippen molar-refractivity contribution in [2.45, 2.75) is 0 Å². The molecule has 0 aliphatic rings. The van der Waals surface area contributed by atoms with Gasteiger partial charge in [-0.15, -0.1) is 0 Å².